The first-order valence-electron chi connectivity index (χ1n) is 7.79. The summed E-state index contributed by atoms with van der Waals surface area (Å²) < 4.78 is 29.6. The summed E-state index contributed by atoms with van der Waals surface area (Å²) in [6.45, 7) is 2.32. The van der Waals surface area contributed by atoms with Gasteiger partial charge in [0.05, 0.1) is 12.4 Å². The van der Waals surface area contributed by atoms with Crippen molar-refractivity contribution in [3.8, 4) is 5.75 Å². The highest BCUT2D eigenvalue weighted by Crippen LogP contribution is 2.09. The number of amides is 1. The van der Waals surface area contributed by atoms with Crippen LogP contribution in [0, 0.1) is 0 Å². The fourth-order valence-electron chi connectivity index (χ4n) is 2.11. The van der Waals surface area contributed by atoms with E-state index in [0.717, 1.165) is 6.42 Å². The van der Waals surface area contributed by atoms with E-state index in [4.69, 9.17) is 4.74 Å². The molecule has 8 heteroatoms. The fourth-order valence-corrected chi connectivity index (χ4v) is 3.33. The number of H-pyrrole nitrogens is 1. The van der Waals surface area contributed by atoms with Crippen molar-refractivity contribution in [1.29, 1.82) is 0 Å². The number of sulfone groups is 1. The number of rotatable bonds is 8. The van der Waals surface area contributed by atoms with Gasteiger partial charge >= 0.3 is 0 Å². The van der Waals surface area contributed by atoms with E-state index in [9.17, 15) is 18.0 Å². The number of carbonyl (C=O) groups is 1. The molecule has 0 saturated carbocycles. The molecule has 2 N–H and O–H groups in total. The fraction of sp³-hybridized carbons (Fsp3) is 0.294. The monoisotopic (exact) mass is 364 g/mol. The van der Waals surface area contributed by atoms with Crippen LogP contribution in [-0.4, -0.2) is 31.7 Å². The van der Waals surface area contributed by atoms with Gasteiger partial charge < -0.3 is 15.0 Å². The standard InChI is InChI=1S/C17H20N2O5S/c1-2-8-24-16-10-18-14(9-15(16)20)11-25(22,23)12-17(21)19-13-6-4-3-5-7-13/h3-7,9-10H,2,8,11-12H2,1H3,(H,18,20)(H,19,21). The van der Waals surface area contributed by atoms with Gasteiger partial charge in [0.1, 0.15) is 5.75 Å². The van der Waals surface area contributed by atoms with E-state index in [1.165, 1.54) is 12.3 Å². The first-order chi connectivity index (χ1) is 11.9. The van der Waals surface area contributed by atoms with Crippen molar-refractivity contribution < 1.29 is 17.9 Å². The van der Waals surface area contributed by atoms with Crippen molar-refractivity contribution in [3.63, 3.8) is 0 Å². The molecule has 1 amide bonds. The third-order valence-electron chi connectivity index (χ3n) is 3.18. The zero-order valence-corrected chi connectivity index (χ0v) is 14.6. The molecule has 2 aromatic rings. The highest BCUT2D eigenvalue weighted by molar-refractivity contribution is 7.91. The van der Waals surface area contributed by atoms with Gasteiger partial charge in [-0.3, -0.25) is 9.59 Å². The average molecular weight is 364 g/mol. The van der Waals surface area contributed by atoms with Gasteiger partial charge in [0.2, 0.25) is 11.3 Å². The Balaban J connectivity index is 1.99. The maximum atomic E-state index is 12.2. The van der Waals surface area contributed by atoms with Crippen molar-refractivity contribution in [3.05, 3.63) is 58.5 Å². The van der Waals surface area contributed by atoms with Gasteiger partial charge in [0.25, 0.3) is 0 Å². The van der Waals surface area contributed by atoms with Gasteiger partial charge in [-0.05, 0) is 18.6 Å². The highest BCUT2D eigenvalue weighted by atomic mass is 32.2. The predicted octanol–water partition coefficient (Wildman–Crippen LogP) is 1.72. The molecular formula is C17H20N2O5S. The SMILES string of the molecule is CCCOc1c[nH]c(CS(=O)(=O)CC(=O)Nc2ccccc2)cc1=O. The number of pyridine rings is 1. The molecule has 2 rings (SSSR count). The van der Waals surface area contributed by atoms with E-state index in [1.54, 1.807) is 30.3 Å². The Morgan fingerprint density at radius 3 is 2.60 bits per heavy atom. The van der Waals surface area contributed by atoms with Crippen LogP contribution in [0.1, 0.15) is 19.0 Å². The number of hydrogen-bond acceptors (Lipinski definition) is 5. The van der Waals surface area contributed by atoms with Crippen LogP contribution in [-0.2, 0) is 20.4 Å². The molecule has 25 heavy (non-hydrogen) atoms. The molecule has 0 atom stereocenters. The average Bonchev–Trinajstić information content (AvgIpc) is 2.54. The summed E-state index contributed by atoms with van der Waals surface area (Å²) in [5.74, 6) is -1.59. The molecule has 0 aliphatic rings. The molecule has 0 spiro atoms. The molecule has 0 aliphatic carbocycles. The van der Waals surface area contributed by atoms with Gasteiger partial charge in [-0.15, -0.1) is 0 Å². The summed E-state index contributed by atoms with van der Waals surface area (Å²) >= 11 is 0. The quantitative estimate of drug-likeness (QED) is 0.742. The highest BCUT2D eigenvalue weighted by Gasteiger charge is 2.18. The summed E-state index contributed by atoms with van der Waals surface area (Å²) in [5, 5.41) is 2.52. The van der Waals surface area contributed by atoms with Crippen LogP contribution in [0.5, 0.6) is 5.75 Å². The molecule has 0 bridgehead atoms. The third kappa shape index (κ3) is 6.07. The molecule has 7 nitrogen and oxygen atoms in total. The molecule has 1 heterocycles. The lowest BCUT2D eigenvalue weighted by Gasteiger charge is -2.08. The van der Waals surface area contributed by atoms with Gasteiger partial charge in [0.15, 0.2) is 15.6 Å². The molecule has 1 aromatic carbocycles. The lowest BCUT2D eigenvalue weighted by molar-refractivity contribution is -0.113. The largest absolute Gasteiger partial charge is 0.488 e. The Morgan fingerprint density at radius 2 is 1.96 bits per heavy atom. The Kier molecular flexibility index (Phi) is 6.35. The van der Waals surface area contributed by atoms with E-state index < -0.39 is 32.7 Å². The minimum Gasteiger partial charge on any atom is -0.488 e. The van der Waals surface area contributed by atoms with Crippen LogP contribution in [0.15, 0.2) is 47.4 Å². The summed E-state index contributed by atoms with van der Waals surface area (Å²) in [6.07, 6.45) is 2.10. The minimum absolute atomic E-state index is 0.143. The van der Waals surface area contributed by atoms with Crippen LogP contribution >= 0.6 is 0 Å². The van der Waals surface area contributed by atoms with Crippen LogP contribution in [0.2, 0.25) is 0 Å². The van der Waals surface area contributed by atoms with Gasteiger partial charge in [0, 0.05) is 23.6 Å². The van der Waals surface area contributed by atoms with Crippen molar-refractivity contribution in [2.75, 3.05) is 17.7 Å². The summed E-state index contributed by atoms with van der Waals surface area (Å²) in [5.41, 5.74) is 0.334. The van der Waals surface area contributed by atoms with Crippen LogP contribution < -0.4 is 15.5 Å². The number of ether oxygens (including phenoxy) is 1. The molecule has 134 valence electrons. The zero-order chi connectivity index (χ0) is 18.3. The van der Waals surface area contributed by atoms with Crippen molar-refractivity contribution >= 4 is 21.4 Å². The lowest BCUT2D eigenvalue weighted by Crippen LogP contribution is -2.24. The molecule has 0 aliphatic heterocycles. The van der Waals surface area contributed by atoms with E-state index in [0.29, 0.717) is 12.3 Å². The second kappa shape index (κ2) is 8.48. The first kappa shape index (κ1) is 18.7. The Hall–Kier alpha value is -2.61. The molecule has 0 fully saturated rings. The Bertz CT molecular complexity index is 875. The molecular weight excluding hydrogens is 344 g/mol. The van der Waals surface area contributed by atoms with Crippen LogP contribution in [0.25, 0.3) is 0 Å². The predicted molar refractivity (Wildman–Crippen MR) is 95.4 cm³/mol. The maximum Gasteiger partial charge on any atom is 0.239 e. The number of aromatic amines is 1. The zero-order valence-electron chi connectivity index (χ0n) is 13.8. The third-order valence-corrected chi connectivity index (χ3v) is 4.64. The minimum atomic E-state index is -3.72. The lowest BCUT2D eigenvalue weighted by atomic mass is 10.3. The van der Waals surface area contributed by atoms with Crippen molar-refractivity contribution in [2.24, 2.45) is 0 Å². The normalized spacial score (nSPS) is 11.1. The smallest absolute Gasteiger partial charge is 0.239 e. The number of anilines is 1. The van der Waals surface area contributed by atoms with Crippen molar-refractivity contribution in [1.82, 2.24) is 4.98 Å². The Morgan fingerprint density at radius 1 is 1.24 bits per heavy atom. The molecule has 0 saturated heterocycles. The number of benzene rings is 1. The van der Waals surface area contributed by atoms with E-state index in [1.807, 2.05) is 6.92 Å². The second-order valence-electron chi connectivity index (χ2n) is 5.48. The van der Waals surface area contributed by atoms with Gasteiger partial charge in [-0.25, -0.2) is 8.42 Å². The van der Waals surface area contributed by atoms with Gasteiger partial charge in [-0.1, -0.05) is 25.1 Å². The second-order valence-corrected chi connectivity index (χ2v) is 7.55. The topological polar surface area (TPSA) is 105 Å². The first-order valence-corrected chi connectivity index (χ1v) is 9.61. The number of nitrogens with one attached hydrogen (secondary N) is 2. The van der Waals surface area contributed by atoms with Crippen LogP contribution in [0.4, 0.5) is 5.69 Å². The number of para-hydroxylation sites is 1. The molecule has 0 unspecified atom stereocenters. The van der Waals surface area contributed by atoms with E-state index in [2.05, 4.69) is 10.3 Å². The Labute approximate surface area is 146 Å². The summed E-state index contributed by atoms with van der Waals surface area (Å²) in [6, 6.07) is 9.76. The van der Waals surface area contributed by atoms with E-state index in [-0.39, 0.29) is 11.4 Å². The summed E-state index contributed by atoms with van der Waals surface area (Å²) in [4.78, 5) is 26.5. The van der Waals surface area contributed by atoms with Gasteiger partial charge in [-0.2, -0.15) is 0 Å². The number of aromatic nitrogens is 1. The molecule has 1 aromatic heterocycles. The summed E-state index contributed by atoms with van der Waals surface area (Å²) in [7, 11) is -3.72. The van der Waals surface area contributed by atoms with Crippen LogP contribution in [0.3, 0.4) is 0 Å². The number of hydrogen-bond donors (Lipinski definition) is 2. The van der Waals surface area contributed by atoms with E-state index >= 15 is 0 Å². The molecule has 0 radical (unpaired) electrons. The van der Waals surface area contributed by atoms with Crippen molar-refractivity contribution in [2.45, 2.75) is 19.1 Å². The number of carbonyl (C=O) groups excluding carboxylic acids is 1. The maximum absolute atomic E-state index is 12.2.